The van der Waals surface area contributed by atoms with Crippen molar-refractivity contribution in [1.29, 1.82) is 0 Å². The summed E-state index contributed by atoms with van der Waals surface area (Å²) in [5, 5.41) is 4.77. The molecule has 0 aliphatic heterocycles. The van der Waals surface area contributed by atoms with Gasteiger partial charge in [-0.05, 0) is 24.7 Å². The second kappa shape index (κ2) is 2.08. The lowest BCUT2D eigenvalue weighted by molar-refractivity contribution is 0.563. The molecule has 0 heterocycles. The maximum atomic E-state index is 11.0. The van der Waals surface area contributed by atoms with Crippen LogP contribution in [0.4, 0.5) is 0 Å². The molecule has 0 spiro atoms. The van der Waals surface area contributed by atoms with Gasteiger partial charge in [0.15, 0.2) is 0 Å². The molecule has 0 aromatic rings. The fraction of sp³-hybridized carbons (Fsp3) is 0.714. The van der Waals surface area contributed by atoms with Crippen LogP contribution in [-0.4, -0.2) is 13.7 Å². The fourth-order valence-electron chi connectivity index (χ4n) is 2.11. The maximum Gasteiger partial charge on any atom is 0.212 e. The Balaban J connectivity index is 2.28. The SMILES string of the molecule is NS(=O)(=O)[C@@H]1C[C@H]2C=C[C@H]1C2. The van der Waals surface area contributed by atoms with Crippen molar-refractivity contribution < 1.29 is 8.42 Å². The maximum absolute atomic E-state index is 11.0. The minimum atomic E-state index is -3.28. The molecule has 62 valence electrons. The first-order chi connectivity index (χ1) is 5.07. The van der Waals surface area contributed by atoms with E-state index in [0.29, 0.717) is 5.92 Å². The van der Waals surface area contributed by atoms with Crippen LogP contribution in [0.5, 0.6) is 0 Å². The van der Waals surface area contributed by atoms with Crippen LogP contribution in [0.15, 0.2) is 12.2 Å². The van der Waals surface area contributed by atoms with E-state index >= 15 is 0 Å². The normalized spacial score (nSPS) is 41.7. The first-order valence-corrected chi connectivity index (χ1v) is 5.38. The van der Waals surface area contributed by atoms with Gasteiger partial charge in [-0.1, -0.05) is 12.2 Å². The molecule has 11 heavy (non-hydrogen) atoms. The van der Waals surface area contributed by atoms with E-state index in [2.05, 4.69) is 6.08 Å². The standard InChI is InChI=1S/C7H11NO2S/c8-11(9,10)7-4-5-1-2-6(7)3-5/h1-2,5-7H,3-4H2,(H2,8,9,10)/t5-,6-,7+/m0/s1. The van der Waals surface area contributed by atoms with E-state index in [-0.39, 0.29) is 11.2 Å². The lowest BCUT2D eigenvalue weighted by Gasteiger charge is -2.14. The summed E-state index contributed by atoms with van der Waals surface area (Å²) in [6.45, 7) is 0. The number of hydrogen-bond acceptors (Lipinski definition) is 2. The van der Waals surface area contributed by atoms with Crippen LogP contribution in [0, 0.1) is 11.8 Å². The minimum Gasteiger partial charge on any atom is -0.228 e. The quantitative estimate of drug-likeness (QED) is 0.577. The molecule has 0 aromatic heterocycles. The first kappa shape index (κ1) is 7.31. The number of fused-ring (bicyclic) bond motifs is 2. The predicted octanol–water partition coefficient (Wildman–Crippen LogP) is 0.240. The Bertz CT molecular complexity index is 294. The zero-order valence-corrected chi connectivity index (χ0v) is 6.92. The molecule has 0 radical (unpaired) electrons. The molecule has 1 saturated carbocycles. The van der Waals surface area contributed by atoms with Gasteiger partial charge >= 0.3 is 0 Å². The molecule has 2 rings (SSSR count). The van der Waals surface area contributed by atoms with Crippen LogP contribution in [0.2, 0.25) is 0 Å². The summed E-state index contributed by atoms with van der Waals surface area (Å²) in [4.78, 5) is 0. The Hall–Kier alpha value is -0.350. The van der Waals surface area contributed by atoms with Gasteiger partial charge in [0, 0.05) is 0 Å². The summed E-state index contributed by atoms with van der Waals surface area (Å²) in [5.41, 5.74) is 0. The average molecular weight is 173 g/mol. The highest BCUT2D eigenvalue weighted by atomic mass is 32.2. The molecule has 4 heteroatoms. The Morgan fingerprint density at radius 1 is 1.27 bits per heavy atom. The molecule has 0 aromatic carbocycles. The molecule has 3 nitrogen and oxygen atoms in total. The van der Waals surface area contributed by atoms with Crippen molar-refractivity contribution in [3.63, 3.8) is 0 Å². The van der Waals surface area contributed by atoms with Gasteiger partial charge < -0.3 is 0 Å². The molecule has 0 unspecified atom stereocenters. The summed E-state index contributed by atoms with van der Waals surface area (Å²) >= 11 is 0. The lowest BCUT2D eigenvalue weighted by Crippen LogP contribution is -2.31. The third-order valence-electron chi connectivity index (χ3n) is 2.64. The summed E-state index contributed by atoms with van der Waals surface area (Å²) < 4.78 is 21.9. The Labute approximate surface area is 66.3 Å². The summed E-state index contributed by atoms with van der Waals surface area (Å²) in [7, 11) is -3.28. The van der Waals surface area contributed by atoms with E-state index in [9.17, 15) is 8.42 Å². The predicted molar refractivity (Wildman–Crippen MR) is 42.2 cm³/mol. The van der Waals surface area contributed by atoms with E-state index in [1.165, 1.54) is 0 Å². The van der Waals surface area contributed by atoms with Crippen LogP contribution in [0.25, 0.3) is 0 Å². The highest BCUT2D eigenvalue weighted by molar-refractivity contribution is 7.89. The van der Waals surface area contributed by atoms with Crippen molar-refractivity contribution in [2.24, 2.45) is 17.0 Å². The number of hydrogen-bond donors (Lipinski definition) is 1. The monoisotopic (exact) mass is 173 g/mol. The van der Waals surface area contributed by atoms with Gasteiger partial charge in [-0.3, -0.25) is 0 Å². The molecule has 1 fully saturated rings. The van der Waals surface area contributed by atoms with Crippen molar-refractivity contribution in [3.05, 3.63) is 12.2 Å². The average Bonchev–Trinajstić information content (AvgIpc) is 2.42. The summed E-state index contributed by atoms with van der Waals surface area (Å²) in [6, 6.07) is 0. The number of allylic oxidation sites excluding steroid dienone is 2. The van der Waals surface area contributed by atoms with Crippen molar-refractivity contribution in [2.75, 3.05) is 0 Å². The van der Waals surface area contributed by atoms with Gasteiger partial charge in [-0.2, -0.15) is 0 Å². The van der Waals surface area contributed by atoms with Gasteiger partial charge in [0.25, 0.3) is 0 Å². The van der Waals surface area contributed by atoms with Crippen LogP contribution in [0.1, 0.15) is 12.8 Å². The summed E-state index contributed by atoms with van der Waals surface area (Å²) in [5.74, 6) is 0.679. The van der Waals surface area contributed by atoms with Crippen molar-refractivity contribution in [2.45, 2.75) is 18.1 Å². The van der Waals surface area contributed by atoms with Crippen molar-refractivity contribution in [3.8, 4) is 0 Å². The van der Waals surface area contributed by atoms with E-state index in [4.69, 9.17) is 5.14 Å². The Morgan fingerprint density at radius 3 is 2.27 bits per heavy atom. The second-order valence-corrected chi connectivity index (χ2v) is 5.19. The first-order valence-electron chi connectivity index (χ1n) is 3.77. The number of rotatable bonds is 1. The molecule has 0 amide bonds. The van der Waals surface area contributed by atoms with Crippen LogP contribution < -0.4 is 5.14 Å². The number of primary sulfonamides is 1. The largest absolute Gasteiger partial charge is 0.228 e. The molecule has 3 atom stereocenters. The third-order valence-corrected chi connectivity index (χ3v) is 4.03. The molecular weight excluding hydrogens is 162 g/mol. The molecule has 2 bridgehead atoms. The molecule has 0 saturated heterocycles. The highest BCUT2D eigenvalue weighted by Crippen LogP contribution is 2.41. The van der Waals surface area contributed by atoms with Gasteiger partial charge in [-0.25, -0.2) is 13.6 Å². The lowest BCUT2D eigenvalue weighted by atomic mass is 10.1. The molecule has 2 aliphatic carbocycles. The smallest absolute Gasteiger partial charge is 0.212 e. The zero-order chi connectivity index (χ0) is 8.06. The fourth-order valence-corrected chi connectivity index (χ4v) is 3.31. The van der Waals surface area contributed by atoms with Crippen LogP contribution >= 0.6 is 0 Å². The van der Waals surface area contributed by atoms with E-state index < -0.39 is 10.0 Å². The van der Waals surface area contributed by atoms with Gasteiger partial charge in [0.05, 0.1) is 5.25 Å². The molecule has 2 N–H and O–H groups in total. The van der Waals surface area contributed by atoms with E-state index in [1.54, 1.807) is 0 Å². The highest BCUT2D eigenvalue weighted by Gasteiger charge is 2.41. The number of sulfonamides is 1. The van der Waals surface area contributed by atoms with E-state index in [1.807, 2.05) is 6.08 Å². The molecular formula is C7H11NO2S. The molecule has 2 aliphatic rings. The second-order valence-electron chi connectivity index (χ2n) is 3.41. The van der Waals surface area contributed by atoms with Crippen LogP contribution in [0.3, 0.4) is 0 Å². The van der Waals surface area contributed by atoms with Crippen molar-refractivity contribution >= 4 is 10.0 Å². The van der Waals surface area contributed by atoms with Gasteiger partial charge in [0.2, 0.25) is 10.0 Å². The number of nitrogens with two attached hydrogens (primary N) is 1. The Kier molecular flexibility index (Phi) is 1.38. The van der Waals surface area contributed by atoms with E-state index in [0.717, 1.165) is 12.8 Å². The Morgan fingerprint density at radius 2 is 2.00 bits per heavy atom. The third kappa shape index (κ3) is 1.10. The van der Waals surface area contributed by atoms with Gasteiger partial charge in [0.1, 0.15) is 0 Å². The minimum absolute atomic E-state index is 0.204. The topological polar surface area (TPSA) is 60.2 Å². The van der Waals surface area contributed by atoms with Crippen molar-refractivity contribution in [1.82, 2.24) is 0 Å². The zero-order valence-electron chi connectivity index (χ0n) is 6.10. The van der Waals surface area contributed by atoms with Crippen LogP contribution in [-0.2, 0) is 10.0 Å². The summed E-state index contributed by atoms with van der Waals surface area (Å²) in [6.07, 6.45) is 5.82. The van der Waals surface area contributed by atoms with Gasteiger partial charge in [-0.15, -0.1) is 0 Å².